The molecule has 12 rings (SSSR count). The van der Waals surface area contributed by atoms with Gasteiger partial charge in [-0.3, -0.25) is 0 Å². The third-order valence-electron chi connectivity index (χ3n) is 11.3. The molecule has 0 saturated heterocycles. The van der Waals surface area contributed by atoms with E-state index in [1.807, 2.05) is 0 Å². The van der Waals surface area contributed by atoms with Crippen molar-refractivity contribution in [2.75, 3.05) is 0 Å². The zero-order valence-electron chi connectivity index (χ0n) is 29.6. The summed E-state index contributed by atoms with van der Waals surface area (Å²) in [7, 11) is 0. The fourth-order valence-corrected chi connectivity index (χ4v) is 9.99. The van der Waals surface area contributed by atoms with Crippen LogP contribution in [-0.4, -0.2) is 14.1 Å². The Morgan fingerprint density at radius 1 is 0.345 bits per heavy atom. The number of para-hydroxylation sites is 3. The molecule has 0 N–H and O–H groups in total. The van der Waals surface area contributed by atoms with Crippen LogP contribution in [0.2, 0.25) is 0 Å². The van der Waals surface area contributed by atoms with Crippen molar-refractivity contribution in [2.24, 2.45) is 0 Å². The van der Waals surface area contributed by atoms with Crippen molar-refractivity contribution < 1.29 is 0 Å². The molecule has 0 radical (unpaired) electrons. The van der Waals surface area contributed by atoms with Crippen LogP contribution in [0.3, 0.4) is 0 Å². The Kier molecular flexibility index (Phi) is 6.50. The molecule has 0 aliphatic heterocycles. The van der Waals surface area contributed by atoms with Gasteiger partial charge in [-0.15, -0.1) is 11.3 Å². The minimum absolute atomic E-state index is 1.03. The molecule has 0 saturated carbocycles. The van der Waals surface area contributed by atoms with Gasteiger partial charge in [0.2, 0.25) is 0 Å². The highest BCUT2D eigenvalue weighted by molar-refractivity contribution is 7.25. The second-order valence-corrected chi connectivity index (χ2v) is 15.3. The molecule has 0 amide bonds. The second kappa shape index (κ2) is 11.7. The molecule has 4 aromatic heterocycles. The van der Waals surface area contributed by atoms with Crippen LogP contribution in [0.5, 0.6) is 0 Å². The zero-order chi connectivity index (χ0) is 36.0. The minimum atomic E-state index is 1.03. The number of rotatable bonds is 4. The number of fused-ring (bicyclic) bond motifs is 12. The van der Waals surface area contributed by atoms with Crippen LogP contribution in [0.1, 0.15) is 0 Å². The summed E-state index contributed by atoms with van der Waals surface area (Å²) < 4.78 is 6.17. The Morgan fingerprint density at radius 2 is 0.818 bits per heavy atom. The first-order chi connectivity index (χ1) is 27.3. The maximum Gasteiger partial charge on any atom is 0.125 e. The fraction of sp³-hybridized carbons (Fsp3) is 0. The Balaban J connectivity index is 0.999. The standard InChI is InChI=1S/C51H31N3S/c1-2-12-35(13-3-1)53-44-19-9-6-14-37(44)41-30-31-42-38-15-7-10-20-45(38)54(50(42)49(41)53)36-28-26-33(27-29-36)32-22-24-34(25-23-32)48-40-17-5-4-16-39(40)47-43-18-8-11-21-46(43)55-51(47)52-48/h1-31H. The van der Waals surface area contributed by atoms with E-state index in [1.165, 1.54) is 81.0 Å². The molecule has 55 heavy (non-hydrogen) atoms. The predicted molar refractivity (Wildman–Crippen MR) is 234 cm³/mol. The molecule has 12 aromatic rings. The first-order valence-electron chi connectivity index (χ1n) is 18.7. The van der Waals surface area contributed by atoms with Crippen LogP contribution in [0.15, 0.2) is 188 Å². The van der Waals surface area contributed by atoms with Gasteiger partial charge in [0.25, 0.3) is 0 Å². The van der Waals surface area contributed by atoms with Crippen LogP contribution in [0.4, 0.5) is 0 Å². The Labute approximate surface area is 320 Å². The van der Waals surface area contributed by atoms with Crippen molar-refractivity contribution >= 4 is 86.0 Å². The lowest BCUT2D eigenvalue weighted by Crippen LogP contribution is -1.98. The molecule has 0 aliphatic carbocycles. The highest BCUT2D eigenvalue weighted by Gasteiger charge is 2.21. The van der Waals surface area contributed by atoms with Gasteiger partial charge in [0.05, 0.1) is 27.8 Å². The molecule has 0 fully saturated rings. The van der Waals surface area contributed by atoms with Gasteiger partial charge in [-0.1, -0.05) is 146 Å². The van der Waals surface area contributed by atoms with E-state index in [-0.39, 0.29) is 0 Å². The molecular weight excluding hydrogens is 687 g/mol. The lowest BCUT2D eigenvalue weighted by atomic mass is 9.98. The Morgan fingerprint density at radius 3 is 1.45 bits per heavy atom. The normalized spacial score (nSPS) is 12.0. The molecule has 0 bridgehead atoms. The minimum Gasteiger partial charge on any atom is -0.307 e. The van der Waals surface area contributed by atoms with Crippen LogP contribution >= 0.6 is 11.3 Å². The fourth-order valence-electron chi connectivity index (χ4n) is 8.90. The van der Waals surface area contributed by atoms with Crippen LogP contribution in [-0.2, 0) is 0 Å². The molecule has 4 heterocycles. The van der Waals surface area contributed by atoms with Crippen LogP contribution in [0.25, 0.3) is 108 Å². The summed E-state index contributed by atoms with van der Waals surface area (Å²) in [6.45, 7) is 0. The van der Waals surface area contributed by atoms with Gasteiger partial charge >= 0.3 is 0 Å². The molecule has 256 valence electrons. The highest BCUT2D eigenvalue weighted by atomic mass is 32.1. The number of pyridine rings is 1. The van der Waals surface area contributed by atoms with Gasteiger partial charge in [-0.2, -0.15) is 0 Å². The van der Waals surface area contributed by atoms with Crippen LogP contribution in [0, 0.1) is 0 Å². The quantitative estimate of drug-likeness (QED) is 0.178. The number of hydrogen-bond acceptors (Lipinski definition) is 2. The van der Waals surface area contributed by atoms with Gasteiger partial charge in [-0.05, 0) is 59.0 Å². The summed E-state index contributed by atoms with van der Waals surface area (Å²) in [6, 6.07) is 68.3. The van der Waals surface area contributed by atoms with Gasteiger partial charge in [-0.25, -0.2) is 4.98 Å². The van der Waals surface area contributed by atoms with E-state index in [9.17, 15) is 0 Å². The number of benzene rings is 8. The maximum atomic E-state index is 5.28. The van der Waals surface area contributed by atoms with Gasteiger partial charge in [0.1, 0.15) is 4.83 Å². The van der Waals surface area contributed by atoms with Gasteiger partial charge in [0, 0.05) is 59.3 Å². The maximum absolute atomic E-state index is 5.28. The van der Waals surface area contributed by atoms with E-state index in [4.69, 9.17) is 4.98 Å². The van der Waals surface area contributed by atoms with E-state index in [1.54, 1.807) is 11.3 Å². The van der Waals surface area contributed by atoms with Crippen molar-refractivity contribution in [3.05, 3.63) is 188 Å². The average Bonchev–Trinajstić information content (AvgIpc) is 3.92. The lowest BCUT2D eigenvalue weighted by molar-refractivity contribution is 1.15. The molecule has 0 spiro atoms. The number of aromatic nitrogens is 3. The van der Waals surface area contributed by atoms with Crippen molar-refractivity contribution in [2.45, 2.75) is 0 Å². The smallest absolute Gasteiger partial charge is 0.125 e. The van der Waals surface area contributed by atoms with Crippen molar-refractivity contribution in [1.82, 2.24) is 14.1 Å². The first-order valence-corrected chi connectivity index (χ1v) is 19.5. The SMILES string of the molecule is c1ccc(-n2c3ccccc3c3ccc4c5ccccc5n(-c5ccc(-c6ccc(-c7nc8sc9ccccc9c8c8ccccc78)cc6)cc5)c4c32)cc1. The third kappa shape index (κ3) is 4.46. The van der Waals surface area contributed by atoms with E-state index >= 15 is 0 Å². The number of thiophene rings is 1. The topological polar surface area (TPSA) is 22.8 Å². The molecule has 4 heteroatoms. The first kappa shape index (κ1) is 30.5. The third-order valence-corrected chi connectivity index (χ3v) is 12.4. The molecule has 0 unspecified atom stereocenters. The molecular formula is C51H31N3S. The molecule has 0 aliphatic rings. The van der Waals surface area contributed by atoms with E-state index in [0.29, 0.717) is 0 Å². The Hall–Kier alpha value is -7.01. The molecule has 8 aromatic carbocycles. The van der Waals surface area contributed by atoms with E-state index in [2.05, 4.69) is 197 Å². The molecule has 0 atom stereocenters. The number of hydrogen-bond donors (Lipinski definition) is 0. The van der Waals surface area contributed by atoms with E-state index < -0.39 is 0 Å². The highest BCUT2D eigenvalue weighted by Crippen LogP contribution is 2.43. The molecule has 3 nitrogen and oxygen atoms in total. The van der Waals surface area contributed by atoms with Gasteiger partial charge < -0.3 is 9.13 Å². The van der Waals surface area contributed by atoms with Gasteiger partial charge in [0.15, 0.2) is 0 Å². The monoisotopic (exact) mass is 717 g/mol. The van der Waals surface area contributed by atoms with E-state index in [0.717, 1.165) is 27.5 Å². The summed E-state index contributed by atoms with van der Waals surface area (Å²) >= 11 is 1.77. The van der Waals surface area contributed by atoms with Crippen molar-refractivity contribution in [1.29, 1.82) is 0 Å². The summed E-state index contributed by atoms with van der Waals surface area (Å²) in [5.41, 5.74) is 11.6. The average molecular weight is 718 g/mol. The summed E-state index contributed by atoms with van der Waals surface area (Å²) in [5.74, 6) is 0. The number of nitrogens with zero attached hydrogens (tertiary/aromatic N) is 3. The summed E-state index contributed by atoms with van der Waals surface area (Å²) in [5, 5.41) is 9.97. The van der Waals surface area contributed by atoms with Crippen molar-refractivity contribution in [3.8, 4) is 33.8 Å². The lowest BCUT2D eigenvalue weighted by Gasteiger charge is -2.13. The largest absolute Gasteiger partial charge is 0.307 e. The zero-order valence-corrected chi connectivity index (χ0v) is 30.5. The second-order valence-electron chi connectivity index (χ2n) is 14.3. The predicted octanol–water partition coefficient (Wildman–Crippen LogP) is 14.1. The summed E-state index contributed by atoms with van der Waals surface area (Å²) in [6.07, 6.45) is 0. The Bertz CT molecular complexity index is 3460. The van der Waals surface area contributed by atoms with Crippen molar-refractivity contribution in [3.63, 3.8) is 0 Å². The summed E-state index contributed by atoms with van der Waals surface area (Å²) in [4.78, 5) is 6.36. The van der Waals surface area contributed by atoms with Crippen LogP contribution < -0.4 is 0 Å².